The second kappa shape index (κ2) is 17.5. The lowest BCUT2D eigenvalue weighted by Crippen LogP contribution is -2.44. The van der Waals surface area contributed by atoms with Gasteiger partial charge in [-0.1, -0.05) is 90.4 Å². The molecule has 4 heteroatoms. The molecule has 0 bridgehead atoms. The summed E-state index contributed by atoms with van der Waals surface area (Å²) in [6, 6.07) is 0. The van der Waals surface area contributed by atoms with Gasteiger partial charge in [0.25, 0.3) is 0 Å². The van der Waals surface area contributed by atoms with Gasteiger partial charge in [-0.2, -0.15) is 0 Å². The highest BCUT2D eigenvalue weighted by Gasteiger charge is 2.18. The number of carboxylic acid groups (broad SMARTS) is 1. The number of unbranched alkanes of at least 4 members (excludes halogenated alkanes) is 13. The fourth-order valence-electron chi connectivity index (χ4n) is 3.52. The molecule has 0 aromatic heterocycles. The lowest BCUT2D eigenvalue weighted by atomic mass is 10.0. The summed E-state index contributed by atoms with van der Waals surface area (Å²) in [6.07, 6.45) is 18.5. The van der Waals surface area contributed by atoms with Gasteiger partial charge in [-0.05, 0) is 6.42 Å². The molecule has 162 valence electrons. The Hall–Kier alpha value is -0.610. The van der Waals surface area contributed by atoms with Crippen molar-refractivity contribution in [3.8, 4) is 0 Å². The van der Waals surface area contributed by atoms with Gasteiger partial charge in [0, 0.05) is 19.0 Å². The SMILES string of the molecule is CCCCCCCCCCCCCCCCO[C@H](CC(=O)[O-])C[N+](C)(C)C. The Labute approximate surface area is 169 Å². The van der Waals surface area contributed by atoms with Crippen LogP contribution in [0.15, 0.2) is 0 Å². The fourth-order valence-corrected chi connectivity index (χ4v) is 3.52. The van der Waals surface area contributed by atoms with Crippen LogP contribution in [-0.2, 0) is 9.53 Å². The van der Waals surface area contributed by atoms with E-state index in [-0.39, 0.29) is 12.5 Å². The minimum Gasteiger partial charge on any atom is -0.550 e. The molecule has 0 saturated heterocycles. The van der Waals surface area contributed by atoms with Crippen molar-refractivity contribution in [2.24, 2.45) is 0 Å². The maximum absolute atomic E-state index is 10.9. The standard InChI is InChI=1S/C23H47NO3/c1-5-6-7-8-9-10-11-12-13-14-15-16-17-18-19-27-22(20-23(25)26)21-24(2,3)4/h22H,5-21H2,1-4H3/t22-/m1/s1. The Balaban J connectivity index is 3.43. The summed E-state index contributed by atoms with van der Waals surface area (Å²) < 4.78 is 6.50. The minimum absolute atomic E-state index is 0.00583. The zero-order valence-electron chi connectivity index (χ0n) is 18.8. The summed E-state index contributed by atoms with van der Waals surface area (Å²) in [6.45, 7) is 3.63. The lowest BCUT2D eigenvalue weighted by molar-refractivity contribution is -0.873. The van der Waals surface area contributed by atoms with Crippen molar-refractivity contribution < 1.29 is 19.1 Å². The fraction of sp³-hybridized carbons (Fsp3) is 0.957. The number of carboxylic acids is 1. The van der Waals surface area contributed by atoms with Crippen molar-refractivity contribution in [1.82, 2.24) is 0 Å². The van der Waals surface area contributed by atoms with Crippen LogP contribution in [0.2, 0.25) is 0 Å². The Bertz CT molecular complexity index is 339. The molecular formula is C23H47NO3. The Morgan fingerprint density at radius 1 is 0.778 bits per heavy atom. The summed E-state index contributed by atoms with van der Waals surface area (Å²) in [5.41, 5.74) is 0. The normalized spacial score (nSPS) is 13.0. The van der Waals surface area contributed by atoms with Crippen LogP contribution in [0.1, 0.15) is 103 Å². The Morgan fingerprint density at radius 2 is 1.19 bits per heavy atom. The number of carbonyl (C=O) groups excluding carboxylic acids is 1. The molecule has 0 unspecified atom stereocenters. The van der Waals surface area contributed by atoms with E-state index in [9.17, 15) is 9.90 Å². The van der Waals surface area contributed by atoms with Crippen LogP contribution in [0.3, 0.4) is 0 Å². The molecule has 1 atom stereocenters. The molecule has 4 nitrogen and oxygen atoms in total. The minimum atomic E-state index is -1.02. The van der Waals surface area contributed by atoms with Crippen LogP contribution in [0.25, 0.3) is 0 Å². The highest BCUT2D eigenvalue weighted by Crippen LogP contribution is 2.13. The molecule has 0 N–H and O–H groups in total. The summed E-state index contributed by atoms with van der Waals surface area (Å²) in [4.78, 5) is 10.9. The van der Waals surface area contributed by atoms with Crippen molar-refractivity contribution in [2.75, 3.05) is 34.3 Å². The molecule has 27 heavy (non-hydrogen) atoms. The molecule has 0 aromatic rings. The van der Waals surface area contributed by atoms with Gasteiger partial charge in [0.1, 0.15) is 12.6 Å². The third-order valence-electron chi connectivity index (χ3n) is 5.00. The van der Waals surface area contributed by atoms with Crippen molar-refractivity contribution in [3.63, 3.8) is 0 Å². The molecule has 0 aliphatic heterocycles. The highest BCUT2D eigenvalue weighted by atomic mass is 16.5. The van der Waals surface area contributed by atoms with Gasteiger partial charge in [-0.3, -0.25) is 0 Å². The second-order valence-corrected chi connectivity index (χ2v) is 9.14. The topological polar surface area (TPSA) is 49.4 Å². The molecule has 0 spiro atoms. The average Bonchev–Trinajstić information content (AvgIpc) is 2.56. The van der Waals surface area contributed by atoms with E-state index in [0.717, 1.165) is 6.42 Å². The first kappa shape index (κ1) is 26.4. The maximum atomic E-state index is 10.9. The number of aliphatic carboxylic acids is 1. The van der Waals surface area contributed by atoms with Crippen LogP contribution in [0.4, 0.5) is 0 Å². The number of ether oxygens (including phenoxy) is 1. The largest absolute Gasteiger partial charge is 0.550 e. The first-order valence-corrected chi connectivity index (χ1v) is 11.5. The molecule has 0 aliphatic rings. The molecule has 0 saturated carbocycles. The van der Waals surface area contributed by atoms with Crippen LogP contribution in [0, 0.1) is 0 Å². The summed E-state index contributed by atoms with van der Waals surface area (Å²) in [5, 5.41) is 10.9. The van der Waals surface area contributed by atoms with Crippen LogP contribution >= 0.6 is 0 Å². The van der Waals surface area contributed by atoms with Crippen molar-refractivity contribution in [1.29, 1.82) is 0 Å². The zero-order valence-corrected chi connectivity index (χ0v) is 18.8. The highest BCUT2D eigenvalue weighted by molar-refractivity contribution is 5.64. The molecule has 0 radical (unpaired) electrons. The predicted molar refractivity (Wildman–Crippen MR) is 113 cm³/mol. The van der Waals surface area contributed by atoms with Crippen molar-refractivity contribution >= 4 is 5.97 Å². The Kier molecular flexibility index (Phi) is 17.1. The van der Waals surface area contributed by atoms with E-state index in [2.05, 4.69) is 28.1 Å². The smallest absolute Gasteiger partial charge is 0.112 e. The summed E-state index contributed by atoms with van der Waals surface area (Å²) in [5.74, 6) is -1.02. The predicted octanol–water partition coefficient (Wildman–Crippen LogP) is 4.70. The molecule has 0 fully saturated rings. The van der Waals surface area contributed by atoms with E-state index in [0.29, 0.717) is 17.6 Å². The summed E-state index contributed by atoms with van der Waals surface area (Å²) >= 11 is 0. The summed E-state index contributed by atoms with van der Waals surface area (Å²) in [7, 11) is 6.16. The first-order chi connectivity index (χ1) is 12.8. The lowest BCUT2D eigenvalue weighted by Gasteiger charge is -2.29. The number of likely N-dealkylation sites (N-methyl/N-ethyl adjacent to an activating group) is 1. The van der Waals surface area contributed by atoms with Gasteiger partial charge in [0.2, 0.25) is 0 Å². The molecule has 0 aromatic carbocycles. The van der Waals surface area contributed by atoms with Gasteiger partial charge in [0.15, 0.2) is 0 Å². The molecule has 0 amide bonds. The molecule has 0 heterocycles. The van der Waals surface area contributed by atoms with Gasteiger partial charge in [-0.25, -0.2) is 0 Å². The maximum Gasteiger partial charge on any atom is 0.112 e. The van der Waals surface area contributed by atoms with Crippen LogP contribution < -0.4 is 5.11 Å². The first-order valence-electron chi connectivity index (χ1n) is 11.5. The van der Waals surface area contributed by atoms with Gasteiger partial charge in [-0.15, -0.1) is 0 Å². The zero-order chi connectivity index (χ0) is 20.4. The molecular weight excluding hydrogens is 338 g/mol. The average molecular weight is 386 g/mol. The van der Waals surface area contributed by atoms with Gasteiger partial charge in [0.05, 0.1) is 21.1 Å². The Morgan fingerprint density at radius 3 is 1.56 bits per heavy atom. The third-order valence-corrected chi connectivity index (χ3v) is 5.00. The molecule has 0 rings (SSSR count). The van der Waals surface area contributed by atoms with E-state index >= 15 is 0 Å². The molecule has 0 aliphatic carbocycles. The van der Waals surface area contributed by atoms with Gasteiger partial charge >= 0.3 is 0 Å². The van der Waals surface area contributed by atoms with E-state index < -0.39 is 5.97 Å². The van der Waals surface area contributed by atoms with E-state index in [1.54, 1.807) is 0 Å². The van der Waals surface area contributed by atoms with Crippen LogP contribution in [0.5, 0.6) is 0 Å². The second-order valence-electron chi connectivity index (χ2n) is 9.14. The van der Waals surface area contributed by atoms with E-state index in [1.807, 2.05) is 0 Å². The van der Waals surface area contributed by atoms with Crippen LogP contribution in [-0.4, -0.2) is 50.9 Å². The number of hydrogen-bond donors (Lipinski definition) is 0. The number of hydrogen-bond acceptors (Lipinski definition) is 3. The number of carbonyl (C=O) groups is 1. The van der Waals surface area contributed by atoms with Gasteiger partial charge < -0.3 is 19.1 Å². The number of rotatable bonds is 20. The van der Waals surface area contributed by atoms with Crippen molar-refractivity contribution in [2.45, 2.75) is 109 Å². The number of quaternary nitrogens is 1. The van der Waals surface area contributed by atoms with Crippen molar-refractivity contribution in [3.05, 3.63) is 0 Å². The monoisotopic (exact) mass is 385 g/mol. The number of nitrogens with zero attached hydrogens (tertiary/aromatic N) is 1. The third kappa shape index (κ3) is 21.5. The van der Waals surface area contributed by atoms with E-state index in [4.69, 9.17) is 4.74 Å². The van der Waals surface area contributed by atoms with E-state index in [1.165, 1.54) is 83.5 Å². The quantitative estimate of drug-likeness (QED) is 0.225.